The molecule has 0 aromatic heterocycles. The SMILES string of the molecule is CC(C)[C@H](C(=O)Nc1ccc(C(=O)NOCc2ccc(B3OC(C)(C)C(C)(C)O3)cc2)cc1)c1ccccc1. The van der Waals surface area contributed by atoms with Gasteiger partial charge in [0, 0.05) is 11.3 Å². The first-order valence-corrected chi connectivity index (χ1v) is 13.3. The second-order valence-electron chi connectivity index (χ2n) is 11.2. The van der Waals surface area contributed by atoms with Gasteiger partial charge in [0.25, 0.3) is 5.91 Å². The van der Waals surface area contributed by atoms with Crippen LogP contribution in [0.15, 0.2) is 78.9 Å². The molecule has 4 rings (SSSR count). The summed E-state index contributed by atoms with van der Waals surface area (Å²) in [7, 11) is -0.424. The van der Waals surface area contributed by atoms with Gasteiger partial charge in [0.05, 0.1) is 23.7 Å². The third kappa shape index (κ3) is 6.76. The molecule has 3 aromatic rings. The van der Waals surface area contributed by atoms with Crippen molar-refractivity contribution in [2.24, 2.45) is 5.92 Å². The molecule has 8 heteroatoms. The molecule has 3 aromatic carbocycles. The zero-order valence-electron chi connectivity index (χ0n) is 23.5. The van der Waals surface area contributed by atoms with Crippen LogP contribution in [0.3, 0.4) is 0 Å². The Morgan fingerprint density at radius 3 is 2.00 bits per heavy atom. The van der Waals surface area contributed by atoms with E-state index in [0.717, 1.165) is 16.6 Å². The Labute approximate surface area is 231 Å². The van der Waals surface area contributed by atoms with E-state index in [9.17, 15) is 9.59 Å². The summed E-state index contributed by atoms with van der Waals surface area (Å²) in [5.41, 5.74) is 5.53. The van der Waals surface area contributed by atoms with E-state index in [1.54, 1.807) is 24.3 Å². The van der Waals surface area contributed by atoms with E-state index in [1.807, 2.05) is 96.1 Å². The number of carbonyl (C=O) groups excluding carboxylic acids is 2. The second-order valence-corrected chi connectivity index (χ2v) is 11.2. The summed E-state index contributed by atoms with van der Waals surface area (Å²) < 4.78 is 12.2. The summed E-state index contributed by atoms with van der Waals surface area (Å²) in [4.78, 5) is 31.0. The van der Waals surface area contributed by atoms with Gasteiger partial charge in [-0.3, -0.25) is 14.4 Å². The normalized spacial score (nSPS) is 16.6. The van der Waals surface area contributed by atoms with Crippen molar-refractivity contribution < 1.29 is 23.7 Å². The Bertz CT molecular complexity index is 1260. The van der Waals surface area contributed by atoms with Crippen LogP contribution in [0.2, 0.25) is 0 Å². The molecule has 0 saturated carbocycles. The van der Waals surface area contributed by atoms with Crippen molar-refractivity contribution in [1.82, 2.24) is 5.48 Å². The van der Waals surface area contributed by atoms with Gasteiger partial charge >= 0.3 is 7.12 Å². The fourth-order valence-corrected chi connectivity index (χ4v) is 4.42. The first-order valence-electron chi connectivity index (χ1n) is 13.3. The minimum Gasteiger partial charge on any atom is -0.399 e. The topological polar surface area (TPSA) is 85.9 Å². The van der Waals surface area contributed by atoms with Crippen LogP contribution < -0.4 is 16.3 Å². The highest BCUT2D eigenvalue weighted by atomic mass is 16.7. The van der Waals surface area contributed by atoms with Crippen LogP contribution >= 0.6 is 0 Å². The lowest BCUT2D eigenvalue weighted by atomic mass is 9.79. The van der Waals surface area contributed by atoms with Crippen molar-refractivity contribution in [2.75, 3.05) is 5.32 Å². The van der Waals surface area contributed by atoms with Crippen molar-refractivity contribution >= 4 is 30.1 Å². The van der Waals surface area contributed by atoms with Crippen molar-refractivity contribution in [3.63, 3.8) is 0 Å². The second kappa shape index (κ2) is 11.7. The maximum absolute atomic E-state index is 13.0. The molecule has 0 unspecified atom stereocenters. The van der Waals surface area contributed by atoms with Gasteiger partial charge in [-0.15, -0.1) is 0 Å². The first kappa shape index (κ1) is 28.6. The minimum absolute atomic E-state index is 0.0822. The van der Waals surface area contributed by atoms with E-state index in [2.05, 4.69) is 10.8 Å². The highest BCUT2D eigenvalue weighted by molar-refractivity contribution is 6.62. The molecule has 1 atom stereocenters. The molecular weight excluding hydrogens is 491 g/mol. The average molecular weight is 528 g/mol. The largest absolute Gasteiger partial charge is 0.494 e. The van der Waals surface area contributed by atoms with E-state index in [0.29, 0.717) is 11.3 Å². The van der Waals surface area contributed by atoms with Crippen LogP contribution in [0, 0.1) is 5.92 Å². The third-order valence-electron chi connectivity index (χ3n) is 7.43. The molecule has 1 heterocycles. The number of hydroxylamine groups is 1. The number of nitrogens with one attached hydrogen (secondary N) is 2. The molecule has 1 aliphatic rings. The molecule has 2 amide bonds. The Balaban J connectivity index is 1.27. The number of hydrogen-bond acceptors (Lipinski definition) is 5. The minimum atomic E-state index is -0.424. The van der Waals surface area contributed by atoms with Crippen molar-refractivity contribution in [1.29, 1.82) is 0 Å². The van der Waals surface area contributed by atoms with Crippen LogP contribution in [-0.2, 0) is 25.5 Å². The predicted octanol–water partition coefficient (Wildman–Crippen LogP) is 5.23. The van der Waals surface area contributed by atoms with Gasteiger partial charge in [-0.25, -0.2) is 5.48 Å². The van der Waals surface area contributed by atoms with Gasteiger partial charge in [-0.05, 0) is 74.5 Å². The Kier molecular flexibility index (Phi) is 8.59. The molecule has 0 bridgehead atoms. The quantitative estimate of drug-likeness (QED) is 0.294. The third-order valence-corrected chi connectivity index (χ3v) is 7.43. The molecule has 0 radical (unpaired) electrons. The van der Waals surface area contributed by atoms with Crippen LogP contribution in [0.4, 0.5) is 5.69 Å². The zero-order chi connectivity index (χ0) is 28.2. The van der Waals surface area contributed by atoms with Crippen LogP contribution in [0.1, 0.15) is 68.9 Å². The smallest absolute Gasteiger partial charge is 0.399 e. The summed E-state index contributed by atoms with van der Waals surface area (Å²) >= 11 is 0. The standard InChI is InChI=1S/C31H37BN2O5/c1-21(2)27(23-10-8-7-9-11-23)29(36)33-26-18-14-24(15-19-26)28(35)34-37-20-22-12-16-25(17-13-22)32-38-30(3,4)31(5,6)39-32/h7-19,21,27H,20H2,1-6H3,(H,33,36)(H,34,35)/t27-/m0/s1. The number of amides is 2. The lowest BCUT2D eigenvalue weighted by Crippen LogP contribution is -2.41. The molecule has 0 aliphatic carbocycles. The van der Waals surface area contributed by atoms with E-state index in [-0.39, 0.29) is 30.3 Å². The highest BCUT2D eigenvalue weighted by Crippen LogP contribution is 2.36. The van der Waals surface area contributed by atoms with Gasteiger partial charge in [-0.1, -0.05) is 68.4 Å². The molecule has 7 nitrogen and oxygen atoms in total. The Morgan fingerprint density at radius 1 is 0.846 bits per heavy atom. The number of anilines is 1. The van der Waals surface area contributed by atoms with E-state index < -0.39 is 18.3 Å². The van der Waals surface area contributed by atoms with E-state index >= 15 is 0 Å². The molecule has 204 valence electrons. The molecule has 2 N–H and O–H groups in total. The number of hydrogen-bond donors (Lipinski definition) is 2. The highest BCUT2D eigenvalue weighted by Gasteiger charge is 2.51. The molecule has 1 aliphatic heterocycles. The summed E-state index contributed by atoms with van der Waals surface area (Å²) in [6.07, 6.45) is 0. The van der Waals surface area contributed by atoms with Crippen molar-refractivity contribution in [2.45, 2.75) is 65.3 Å². The van der Waals surface area contributed by atoms with Crippen LogP contribution in [0.25, 0.3) is 0 Å². The molecule has 39 heavy (non-hydrogen) atoms. The Morgan fingerprint density at radius 2 is 1.44 bits per heavy atom. The number of rotatable bonds is 9. The first-order chi connectivity index (χ1) is 18.5. The molecule has 1 saturated heterocycles. The summed E-state index contributed by atoms with van der Waals surface area (Å²) in [5, 5.41) is 2.97. The Hall–Kier alpha value is -3.46. The van der Waals surface area contributed by atoms with Crippen molar-refractivity contribution in [3.05, 3.63) is 95.6 Å². The molecule has 0 spiro atoms. The van der Waals surface area contributed by atoms with Crippen LogP contribution in [-0.4, -0.2) is 30.1 Å². The lowest BCUT2D eigenvalue weighted by molar-refractivity contribution is -0.118. The maximum Gasteiger partial charge on any atom is 0.494 e. The van der Waals surface area contributed by atoms with Gasteiger partial charge in [0.15, 0.2) is 0 Å². The number of carbonyl (C=O) groups is 2. The fourth-order valence-electron chi connectivity index (χ4n) is 4.42. The fraction of sp³-hybridized carbons (Fsp3) is 0.355. The van der Waals surface area contributed by atoms with Gasteiger partial charge in [-0.2, -0.15) is 0 Å². The van der Waals surface area contributed by atoms with Gasteiger partial charge in [0.2, 0.25) is 5.91 Å². The average Bonchev–Trinajstić information content (AvgIpc) is 3.11. The molecule has 1 fully saturated rings. The van der Waals surface area contributed by atoms with E-state index in [1.165, 1.54) is 0 Å². The number of benzene rings is 3. The molecular formula is C31H37BN2O5. The summed E-state index contributed by atoms with van der Waals surface area (Å²) in [6, 6.07) is 24.2. The van der Waals surface area contributed by atoms with Gasteiger partial charge < -0.3 is 14.6 Å². The zero-order valence-corrected chi connectivity index (χ0v) is 23.5. The van der Waals surface area contributed by atoms with E-state index in [4.69, 9.17) is 14.1 Å². The summed E-state index contributed by atoms with van der Waals surface area (Å²) in [5.74, 6) is -0.588. The van der Waals surface area contributed by atoms with Crippen molar-refractivity contribution in [3.8, 4) is 0 Å². The predicted molar refractivity (Wildman–Crippen MR) is 154 cm³/mol. The van der Waals surface area contributed by atoms with Crippen LogP contribution in [0.5, 0.6) is 0 Å². The monoisotopic (exact) mass is 528 g/mol. The summed E-state index contributed by atoms with van der Waals surface area (Å²) in [6.45, 7) is 12.4. The lowest BCUT2D eigenvalue weighted by Gasteiger charge is -2.32. The maximum atomic E-state index is 13.0. The van der Waals surface area contributed by atoms with Gasteiger partial charge in [0.1, 0.15) is 0 Å².